The summed E-state index contributed by atoms with van der Waals surface area (Å²) in [6.45, 7) is 5.22. The minimum atomic E-state index is -0.0349. The number of hydrogen-bond donors (Lipinski definition) is 1. The number of rotatable bonds is 6. The molecule has 1 heterocycles. The zero-order valence-corrected chi connectivity index (χ0v) is 10.1. The quantitative estimate of drug-likeness (QED) is 0.748. The molecule has 0 aliphatic carbocycles. The van der Waals surface area contributed by atoms with E-state index >= 15 is 0 Å². The third kappa shape index (κ3) is 3.37. The van der Waals surface area contributed by atoms with E-state index in [0.29, 0.717) is 11.6 Å². The first-order chi connectivity index (χ1) is 7.19. The fourth-order valence-electron chi connectivity index (χ4n) is 1.13. The van der Waals surface area contributed by atoms with E-state index < -0.39 is 0 Å². The van der Waals surface area contributed by atoms with E-state index in [-0.39, 0.29) is 12.4 Å². The molecule has 15 heavy (non-hydrogen) atoms. The van der Waals surface area contributed by atoms with Crippen molar-refractivity contribution in [2.75, 3.05) is 20.3 Å². The zero-order valence-electron chi connectivity index (χ0n) is 9.29. The maximum absolute atomic E-state index is 11.6. The van der Waals surface area contributed by atoms with Crippen LogP contribution in [-0.4, -0.2) is 31.0 Å². The van der Waals surface area contributed by atoms with Gasteiger partial charge in [-0.1, -0.05) is 0 Å². The van der Waals surface area contributed by atoms with Gasteiger partial charge in [-0.2, -0.15) is 0 Å². The van der Waals surface area contributed by atoms with Gasteiger partial charge < -0.3 is 10.1 Å². The zero-order chi connectivity index (χ0) is 11.3. The Bertz CT molecular complexity index is 336. The van der Waals surface area contributed by atoms with Crippen LogP contribution in [0, 0.1) is 6.92 Å². The SMILES string of the molecule is CCOCC(=O)c1nc(C)c(CNC)s1. The molecule has 0 unspecified atom stereocenters. The van der Waals surface area contributed by atoms with Crippen molar-refractivity contribution >= 4 is 17.1 Å². The van der Waals surface area contributed by atoms with Crippen LogP contribution in [0.25, 0.3) is 0 Å². The highest BCUT2D eigenvalue weighted by Crippen LogP contribution is 2.18. The molecule has 1 rings (SSSR count). The van der Waals surface area contributed by atoms with Crippen molar-refractivity contribution in [3.8, 4) is 0 Å². The van der Waals surface area contributed by atoms with Gasteiger partial charge in [-0.25, -0.2) is 4.98 Å². The molecule has 0 spiro atoms. The number of hydrogen-bond acceptors (Lipinski definition) is 5. The summed E-state index contributed by atoms with van der Waals surface area (Å²) in [5.74, 6) is -0.0349. The Hall–Kier alpha value is -0.780. The van der Waals surface area contributed by atoms with Gasteiger partial charge in [0.1, 0.15) is 6.61 Å². The standard InChI is InChI=1S/C10H16N2O2S/c1-4-14-6-8(13)10-12-7(2)9(15-10)5-11-3/h11H,4-6H2,1-3H3. The summed E-state index contributed by atoms with van der Waals surface area (Å²) in [6.07, 6.45) is 0. The highest BCUT2D eigenvalue weighted by Gasteiger charge is 2.13. The van der Waals surface area contributed by atoms with Crippen LogP contribution in [0.15, 0.2) is 0 Å². The molecule has 0 fully saturated rings. The van der Waals surface area contributed by atoms with Crippen LogP contribution in [0.3, 0.4) is 0 Å². The monoisotopic (exact) mass is 228 g/mol. The molecule has 0 saturated carbocycles. The Labute approximate surface area is 93.7 Å². The second-order valence-corrected chi connectivity index (χ2v) is 4.20. The number of aromatic nitrogens is 1. The first-order valence-corrected chi connectivity index (χ1v) is 5.72. The summed E-state index contributed by atoms with van der Waals surface area (Å²) in [5, 5.41) is 3.60. The molecule has 4 nitrogen and oxygen atoms in total. The predicted molar refractivity (Wildman–Crippen MR) is 60.4 cm³/mol. The first kappa shape index (κ1) is 12.3. The maximum atomic E-state index is 11.6. The molecular formula is C10H16N2O2S. The van der Waals surface area contributed by atoms with Crippen molar-refractivity contribution in [1.29, 1.82) is 0 Å². The molecule has 0 aliphatic rings. The first-order valence-electron chi connectivity index (χ1n) is 4.90. The Kier molecular flexibility index (Phi) is 4.87. The number of thiazole rings is 1. The fourth-order valence-corrected chi connectivity index (χ4v) is 2.13. The van der Waals surface area contributed by atoms with E-state index in [2.05, 4.69) is 10.3 Å². The van der Waals surface area contributed by atoms with Gasteiger partial charge in [0.15, 0.2) is 5.01 Å². The van der Waals surface area contributed by atoms with E-state index in [4.69, 9.17) is 4.74 Å². The van der Waals surface area contributed by atoms with Crippen LogP contribution >= 0.6 is 11.3 Å². The molecule has 0 atom stereocenters. The molecule has 0 aliphatic heterocycles. The second-order valence-electron chi connectivity index (χ2n) is 3.12. The minimum Gasteiger partial charge on any atom is -0.373 e. The van der Waals surface area contributed by atoms with Crippen molar-refractivity contribution in [2.45, 2.75) is 20.4 Å². The summed E-state index contributed by atoms with van der Waals surface area (Å²) < 4.78 is 5.06. The lowest BCUT2D eigenvalue weighted by atomic mass is 10.4. The van der Waals surface area contributed by atoms with Gasteiger partial charge >= 0.3 is 0 Å². The van der Waals surface area contributed by atoms with Crippen LogP contribution in [0.5, 0.6) is 0 Å². The molecule has 1 N–H and O–H groups in total. The number of ether oxygens (including phenoxy) is 1. The van der Waals surface area contributed by atoms with Gasteiger partial charge in [0.2, 0.25) is 5.78 Å². The van der Waals surface area contributed by atoms with Crippen molar-refractivity contribution in [1.82, 2.24) is 10.3 Å². The summed E-state index contributed by atoms with van der Waals surface area (Å²) in [7, 11) is 1.88. The van der Waals surface area contributed by atoms with Crippen LogP contribution in [0.4, 0.5) is 0 Å². The van der Waals surface area contributed by atoms with Gasteiger partial charge in [0.05, 0.1) is 5.69 Å². The number of ketones is 1. The highest BCUT2D eigenvalue weighted by atomic mass is 32.1. The van der Waals surface area contributed by atoms with Crippen molar-refractivity contribution in [2.24, 2.45) is 0 Å². The number of nitrogens with one attached hydrogen (secondary N) is 1. The van der Waals surface area contributed by atoms with Crippen molar-refractivity contribution < 1.29 is 9.53 Å². The lowest BCUT2D eigenvalue weighted by Gasteiger charge is -1.96. The Balaban J connectivity index is 2.69. The van der Waals surface area contributed by atoms with E-state index in [1.165, 1.54) is 11.3 Å². The van der Waals surface area contributed by atoms with E-state index in [1.807, 2.05) is 20.9 Å². The van der Waals surface area contributed by atoms with Crippen LogP contribution in [0.1, 0.15) is 27.3 Å². The second kappa shape index (κ2) is 5.95. The lowest BCUT2D eigenvalue weighted by molar-refractivity contribution is 0.0783. The molecule has 1 aromatic heterocycles. The molecule has 5 heteroatoms. The average Bonchev–Trinajstić information content (AvgIpc) is 2.58. The van der Waals surface area contributed by atoms with Gasteiger partial charge in [0, 0.05) is 18.0 Å². The fraction of sp³-hybridized carbons (Fsp3) is 0.600. The maximum Gasteiger partial charge on any atom is 0.216 e. The third-order valence-corrected chi connectivity index (χ3v) is 3.10. The summed E-state index contributed by atoms with van der Waals surface area (Å²) >= 11 is 1.44. The minimum absolute atomic E-state index is 0.0349. The van der Waals surface area contributed by atoms with Crippen molar-refractivity contribution in [3.05, 3.63) is 15.6 Å². The molecule has 0 radical (unpaired) electrons. The predicted octanol–water partition coefficient (Wildman–Crippen LogP) is 1.39. The van der Waals surface area contributed by atoms with Crippen LogP contribution in [-0.2, 0) is 11.3 Å². The summed E-state index contributed by atoms with van der Waals surface area (Å²) in [5.41, 5.74) is 0.925. The molecule has 84 valence electrons. The lowest BCUT2D eigenvalue weighted by Crippen LogP contribution is -2.08. The van der Waals surface area contributed by atoms with Gasteiger partial charge in [0.25, 0.3) is 0 Å². The number of carbonyl (C=O) groups is 1. The molecule has 0 aromatic carbocycles. The average molecular weight is 228 g/mol. The van der Waals surface area contributed by atoms with E-state index in [9.17, 15) is 4.79 Å². The molecule has 0 amide bonds. The number of aryl methyl sites for hydroxylation is 1. The van der Waals surface area contributed by atoms with Crippen molar-refractivity contribution in [3.63, 3.8) is 0 Å². The van der Waals surface area contributed by atoms with Crippen LogP contribution < -0.4 is 5.32 Å². The normalized spacial score (nSPS) is 10.6. The molecular weight excluding hydrogens is 212 g/mol. The Morgan fingerprint density at radius 1 is 1.60 bits per heavy atom. The summed E-state index contributed by atoms with van der Waals surface area (Å²) in [4.78, 5) is 16.9. The largest absolute Gasteiger partial charge is 0.373 e. The number of nitrogens with zero attached hydrogens (tertiary/aromatic N) is 1. The summed E-state index contributed by atoms with van der Waals surface area (Å²) in [6, 6.07) is 0. The van der Waals surface area contributed by atoms with Gasteiger partial charge in [-0.15, -0.1) is 11.3 Å². The smallest absolute Gasteiger partial charge is 0.216 e. The number of Topliss-reactive ketones (excluding diaryl/α,β-unsaturated/α-hetero) is 1. The topological polar surface area (TPSA) is 51.2 Å². The van der Waals surface area contributed by atoms with Gasteiger partial charge in [-0.05, 0) is 20.9 Å². The third-order valence-electron chi connectivity index (χ3n) is 1.91. The molecule has 0 bridgehead atoms. The molecule has 1 aromatic rings. The number of carbonyl (C=O) groups excluding carboxylic acids is 1. The van der Waals surface area contributed by atoms with Gasteiger partial charge in [-0.3, -0.25) is 4.79 Å². The van der Waals surface area contributed by atoms with E-state index in [1.54, 1.807) is 0 Å². The Morgan fingerprint density at radius 3 is 2.93 bits per heavy atom. The highest BCUT2D eigenvalue weighted by molar-refractivity contribution is 7.13. The van der Waals surface area contributed by atoms with E-state index in [0.717, 1.165) is 17.1 Å². The Morgan fingerprint density at radius 2 is 2.33 bits per heavy atom. The van der Waals surface area contributed by atoms with Crippen LogP contribution in [0.2, 0.25) is 0 Å². The molecule has 0 saturated heterocycles.